The highest BCUT2D eigenvalue weighted by Crippen LogP contribution is 2.17. The van der Waals surface area contributed by atoms with Crippen molar-refractivity contribution in [1.29, 1.82) is 0 Å². The Morgan fingerprint density at radius 2 is 1.91 bits per heavy atom. The molecule has 0 heterocycles. The van der Waals surface area contributed by atoms with E-state index in [0.717, 1.165) is 12.8 Å². The summed E-state index contributed by atoms with van der Waals surface area (Å²) in [5.41, 5.74) is 0.751. The van der Waals surface area contributed by atoms with E-state index >= 15 is 0 Å². The van der Waals surface area contributed by atoms with Gasteiger partial charge in [-0.3, -0.25) is 0 Å². The summed E-state index contributed by atoms with van der Waals surface area (Å²) >= 11 is 0. The second kappa shape index (κ2) is 8.79. The number of alkyl carbamates (subject to hydrolysis) is 1. The zero-order chi connectivity index (χ0) is 16.6. The van der Waals surface area contributed by atoms with Gasteiger partial charge in [-0.2, -0.15) is 0 Å². The lowest BCUT2D eigenvalue weighted by Crippen LogP contribution is -2.36. The summed E-state index contributed by atoms with van der Waals surface area (Å²) in [7, 11) is 0. The van der Waals surface area contributed by atoms with Crippen LogP contribution in [-0.4, -0.2) is 30.0 Å². The highest BCUT2D eigenvalue weighted by molar-refractivity contribution is 5.67. The van der Waals surface area contributed by atoms with Crippen molar-refractivity contribution in [3.8, 4) is 0 Å². The second-order valence-corrected chi connectivity index (χ2v) is 6.96. The average Bonchev–Trinajstić information content (AvgIpc) is 2.44. The van der Waals surface area contributed by atoms with Gasteiger partial charge in [0.2, 0.25) is 0 Å². The molecule has 2 N–H and O–H groups in total. The number of aliphatic hydroxyl groups excluding tert-OH is 1. The van der Waals surface area contributed by atoms with Gasteiger partial charge in [0.25, 0.3) is 0 Å². The predicted octanol–water partition coefficient (Wildman–Crippen LogP) is 3.39. The molecule has 1 unspecified atom stereocenters. The average molecular weight is 307 g/mol. The van der Waals surface area contributed by atoms with E-state index in [1.165, 1.54) is 5.56 Å². The predicted molar refractivity (Wildman–Crippen MR) is 88.7 cm³/mol. The van der Waals surface area contributed by atoms with Crippen LogP contribution >= 0.6 is 0 Å². The summed E-state index contributed by atoms with van der Waals surface area (Å²) in [4.78, 5) is 11.8. The van der Waals surface area contributed by atoms with E-state index in [1.54, 1.807) is 0 Å². The van der Waals surface area contributed by atoms with Crippen LogP contribution in [-0.2, 0) is 11.2 Å². The van der Waals surface area contributed by atoms with Crippen molar-refractivity contribution in [2.75, 3.05) is 13.2 Å². The van der Waals surface area contributed by atoms with Crippen molar-refractivity contribution in [3.63, 3.8) is 0 Å². The number of carbonyl (C=O) groups is 1. The van der Waals surface area contributed by atoms with Crippen LogP contribution in [0.3, 0.4) is 0 Å². The number of rotatable bonds is 7. The molecule has 2 atom stereocenters. The molecule has 0 aliphatic rings. The van der Waals surface area contributed by atoms with E-state index in [-0.39, 0.29) is 24.5 Å². The number of benzene rings is 1. The summed E-state index contributed by atoms with van der Waals surface area (Å²) in [6.45, 7) is 8.28. The maximum absolute atomic E-state index is 11.8. The van der Waals surface area contributed by atoms with E-state index in [4.69, 9.17) is 4.74 Å². The van der Waals surface area contributed by atoms with Crippen LogP contribution in [0.25, 0.3) is 0 Å². The molecule has 1 aromatic carbocycles. The molecule has 0 aliphatic heterocycles. The van der Waals surface area contributed by atoms with Crippen LogP contribution in [0.2, 0.25) is 0 Å². The first-order valence-corrected chi connectivity index (χ1v) is 7.91. The molecule has 0 spiro atoms. The van der Waals surface area contributed by atoms with Crippen LogP contribution in [0.5, 0.6) is 0 Å². The maximum atomic E-state index is 11.8. The molecule has 1 rings (SSSR count). The number of aliphatic hydroxyl groups is 1. The van der Waals surface area contributed by atoms with Gasteiger partial charge in [-0.1, -0.05) is 37.3 Å². The fourth-order valence-corrected chi connectivity index (χ4v) is 2.37. The quantitative estimate of drug-likeness (QED) is 0.812. The lowest BCUT2D eigenvalue weighted by atomic mass is 9.90. The standard InChI is InChI=1S/C18H29NO3/c1-14(13-20)10-16(11-15-8-6-5-7-9-15)12-19-17(21)22-18(2,3)4/h5-9,14,16,20H,10-13H2,1-4H3,(H,19,21)/t14?,16-/m0/s1. The first-order valence-electron chi connectivity index (χ1n) is 7.91. The third-order valence-corrected chi connectivity index (χ3v) is 3.35. The molecular weight excluding hydrogens is 278 g/mol. The van der Waals surface area contributed by atoms with Gasteiger partial charge in [-0.15, -0.1) is 0 Å². The summed E-state index contributed by atoms with van der Waals surface area (Å²) < 4.78 is 5.27. The van der Waals surface area contributed by atoms with Gasteiger partial charge in [-0.05, 0) is 51.0 Å². The monoisotopic (exact) mass is 307 g/mol. The molecule has 0 aliphatic carbocycles. The van der Waals surface area contributed by atoms with E-state index in [2.05, 4.69) is 17.4 Å². The minimum atomic E-state index is -0.489. The molecule has 0 saturated carbocycles. The van der Waals surface area contributed by atoms with Crippen molar-refractivity contribution in [2.45, 2.75) is 46.1 Å². The zero-order valence-electron chi connectivity index (χ0n) is 14.1. The highest BCUT2D eigenvalue weighted by Gasteiger charge is 2.19. The van der Waals surface area contributed by atoms with Crippen LogP contribution in [0.15, 0.2) is 30.3 Å². The Balaban J connectivity index is 2.56. The van der Waals surface area contributed by atoms with E-state index < -0.39 is 5.60 Å². The van der Waals surface area contributed by atoms with Gasteiger partial charge in [0, 0.05) is 13.2 Å². The Morgan fingerprint density at radius 1 is 1.27 bits per heavy atom. The lowest BCUT2D eigenvalue weighted by Gasteiger charge is -2.23. The van der Waals surface area contributed by atoms with Gasteiger partial charge in [0.15, 0.2) is 0 Å². The van der Waals surface area contributed by atoms with Crippen molar-refractivity contribution in [3.05, 3.63) is 35.9 Å². The number of hydrogen-bond donors (Lipinski definition) is 2. The minimum absolute atomic E-state index is 0.164. The number of amides is 1. The Bertz CT molecular complexity index is 439. The summed E-state index contributed by atoms with van der Waals surface area (Å²) in [6.07, 6.45) is 1.35. The summed E-state index contributed by atoms with van der Waals surface area (Å²) in [6, 6.07) is 10.2. The number of carbonyl (C=O) groups excluding carboxylic acids is 1. The van der Waals surface area contributed by atoms with Gasteiger partial charge in [-0.25, -0.2) is 4.79 Å². The highest BCUT2D eigenvalue weighted by atomic mass is 16.6. The number of hydrogen-bond acceptors (Lipinski definition) is 3. The maximum Gasteiger partial charge on any atom is 0.407 e. The Kier molecular flexibility index (Phi) is 7.39. The van der Waals surface area contributed by atoms with Gasteiger partial charge < -0.3 is 15.2 Å². The zero-order valence-corrected chi connectivity index (χ0v) is 14.1. The Hall–Kier alpha value is -1.55. The molecule has 0 bridgehead atoms. The third-order valence-electron chi connectivity index (χ3n) is 3.35. The molecule has 0 fully saturated rings. The fourth-order valence-electron chi connectivity index (χ4n) is 2.37. The molecule has 0 aromatic heterocycles. The Morgan fingerprint density at radius 3 is 2.45 bits per heavy atom. The molecule has 22 heavy (non-hydrogen) atoms. The molecule has 1 aromatic rings. The van der Waals surface area contributed by atoms with E-state index in [0.29, 0.717) is 6.54 Å². The van der Waals surface area contributed by atoms with E-state index in [1.807, 2.05) is 45.9 Å². The number of nitrogens with one attached hydrogen (secondary N) is 1. The molecule has 124 valence electrons. The van der Waals surface area contributed by atoms with Gasteiger partial charge in [0.1, 0.15) is 5.60 Å². The molecule has 4 heteroatoms. The van der Waals surface area contributed by atoms with E-state index in [9.17, 15) is 9.90 Å². The number of ether oxygens (including phenoxy) is 1. The van der Waals surface area contributed by atoms with Crippen molar-refractivity contribution in [2.24, 2.45) is 11.8 Å². The molecule has 4 nitrogen and oxygen atoms in total. The smallest absolute Gasteiger partial charge is 0.407 e. The lowest BCUT2D eigenvalue weighted by molar-refractivity contribution is 0.0516. The normalized spacial score (nSPS) is 14.2. The van der Waals surface area contributed by atoms with Gasteiger partial charge >= 0.3 is 6.09 Å². The second-order valence-electron chi connectivity index (χ2n) is 6.96. The first kappa shape index (κ1) is 18.5. The molecule has 0 radical (unpaired) electrons. The van der Waals surface area contributed by atoms with Crippen LogP contribution < -0.4 is 5.32 Å². The van der Waals surface area contributed by atoms with Crippen molar-refractivity contribution < 1.29 is 14.6 Å². The largest absolute Gasteiger partial charge is 0.444 e. The summed E-state index contributed by atoms with van der Waals surface area (Å²) in [5.74, 6) is 0.492. The molecule has 0 saturated heterocycles. The Labute approximate surface area is 133 Å². The fraction of sp³-hybridized carbons (Fsp3) is 0.611. The third kappa shape index (κ3) is 8.03. The molecule has 1 amide bonds. The first-order chi connectivity index (χ1) is 10.3. The van der Waals surface area contributed by atoms with Crippen molar-refractivity contribution in [1.82, 2.24) is 5.32 Å². The van der Waals surface area contributed by atoms with Crippen LogP contribution in [0, 0.1) is 11.8 Å². The van der Waals surface area contributed by atoms with Crippen molar-refractivity contribution >= 4 is 6.09 Å². The topological polar surface area (TPSA) is 58.6 Å². The molecular formula is C18H29NO3. The summed E-state index contributed by atoms with van der Waals surface area (Å²) in [5, 5.41) is 12.1. The van der Waals surface area contributed by atoms with Crippen LogP contribution in [0.1, 0.15) is 39.7 Å². The van der Waals surface area contributed by atoms with Gasteiger partial charge in [0.05, 0.1) is 0 Å². The SMILES string of the molecule is CC(CO)C[C@H](CNC(=O)OC(C)(C)C)Cc1ccccc1. The van der Waals surface area contributed by atoms with Crippen LogP contribution in [0.4, 0.5) is 4.79 Å². The minimum Gasteiger partial charge on any atom is -0.444 e.